The Kier molecular flexibility index (Phi) is 3.75. The lowest BCUT2D eigenvalue weighted by Gasteiger charge is -2.10. The van der Waals surface area contributed by atoms with Crippen molar-refractivity contribution in [2.45, 2.75) is 10.6 Å². The molecular formula is C12H13NO5S. The van der Waals surface area contributed by atoms with Gasteiger partial charge in [-0.1, -0.05) is 0 Å². The van der Waals surface area contributed by atoms with Crippen LogP contribution in [0.25, 0.3) is 0 Å². The van der Waals surface area contributed by atoms with Crippen LogP contribution < -0.4 is 9.47 Å². The molecule has 0 bridgehead atoms. The molecule has 1 heterocycles. The van der Waals surface area contributed by atoms with E-state index in [1.807, 2.05) is 0 Å². The van der Waals surface area contributed by atoms with Crippen molar-refractivity contribution < 1.29 is 22.3 Å². The minimum atomic E-state index is -3.62. The van der Waals surface area contributed by atoms with Crippen LogP contribution in [0, 0.1) is 0 Å². The standard InChI is InChI=1S/C12H13NO5S/c1-16-9-3-4-10(17-2)11(7-9)19(14,15)8-12-13-5-6-18-12/h3-7H,8H2,1-2H3. The zero-order valence-corrected chi connectivity index (χ0v) is 11.3. The predicted molar refractivity (Wildman–Crippen MR) is 66.9 cm³/mol. The fraction of sp³-hybridized carbons (Fsp3) is 0.250. The molecule has 2 aromatic rings. The van der Waals surface area contributed by atoms with Crippen LogP contribution in [-0.4, -0.2) is 27.6 Å². The maximum Gasteiger partial charge on any atom is 0.209 e. The SMILES string of the molecule is COc1ccc(OC)c(S(=O)(=O)Cc2ncco2)c1. The van der Waals surface area contributed by atoms with Crippen molar-refractivity contribution in [2.75, 3.05) is 14.2 Å². The topological polar surface area (TPSA) is 78.6 Å². The Balaban J connectivity index is 2.43. The molecule has 0 radical (unpaired) electrons. The Morgan fingerprint density at radius 3 is 2.63 bits per heavy atom. The molecule has 6 nitrogen and oxygen atoms in total. The molecule has 2 rings (SSSR count). The van der Waals surface area contributed by atoms with Gasteiger partial charge in [-0.2, -0.15) is 0 Å². The molecule has 0 saturated heterocycles. The first-order chi connectivity index (χ1) is 9.06. The molecule has 0 spiro atoms. The summed E-state index contributed by atoms with van der Waals surface area (Å²) < 4.78 is 39.7. The Labute approximate surface area is 110 Å². The van der Waals surface area contributed by atoms with Crippen molar-refractivity contribution in [1.29, 1.82) is 0 Å². The van der Waals surface area contributed by atoms with Crippen molar-refractivity contribution >= 4 is 9.84 Å². The van der Waals surface area contributed by atoms with Gasteiger partial charge in [0.25, 0.3) is 0 Å². The number of sulfone groups is 1. The summed E-state index contributed by atoms with van der Waals surface area (Å²) in [6, 6.07) is 4.58. The van der Waals surface area contributed by atoms with E-state index in [1.165, 1.54) is 32.7 Å². The summed E-state index contributed by atoms with van der Waals surface area (Å²) in [6.07, 6.45) is 2.72. The third-order valence-electron chi connectivity index (χ3n) is 2.50. The molecule has 0 aliphatic carbocycles. The van der Waals surface area contributed by atoms with Gasteiger partial charge in [-0.15, -0.1) is 0 Å². The molecule has 0 unspecified atom stereocenters. The summed E-state index contributed by atoms with van der Waals surface area (Å²) >= 11 is 0. The number of rotatable bonds is 5. The monoisotopic (exact) mass is 283 g/mol. The van der Waals surface area contributed by atoms with E-state index in [1.54, 1.807) is 12.1 Å². The van der Waals surface area contributed by atoms with Gasteiger partial charge >= 0.3 is 0 Å². The van der Waals surface area contributed by atoms with E-state index in [2.05, 4.69) is 4.98 Å². The highest BCUT2D eigenvalue weighted by Gasteiger charge is 2.23. The van der Waals surface area contributed by atoms with Crippen LogP contribution in [0.4, 0.5) is 0 Å². The number of nitrogens with zero attached hydrogens (tertiary/aromatic N) is 1. The smallest absolute Gasteiger partial charge is 0.209 e. The van der Waals surface area contributed by atoms with Gasteiger partial charge in [0.1, 0.15) is 28.4 Å². The second-order valence-corrected chi connectivity index (χ2v) is 5.66. The summed E-state index contributed by atoms with van der Waals surface area (Å²) in [7, 11) is -0.747. The average Bonchev–Trinajstić information content (AvgIpc) is 2.90. The van der Waals surface area contributed by atoms with Crippen LogP contribution in [0.2, 0.25) is 0 Å². The molecule has 0 amide bonds. The predicted octanol–water partition coefficient (Wildman–Crippen LogP) is 1.67. The average molecular weight is 283 g/mol. The first-order valence-electron chi connectivity index (χ1n) is 5.40. The van der Waals surface area contributed by atoms with Crippen molar-refractivity contribution in [3.8, 4) is 11.5 Å². The van der Waals surface area contributed by atoms with E-state index in [0.717, 1.165) is 0 Å². The van der Waals surface area contributed by atoms with E-state index in [9.17, 15) is 8.42 Å². The Morgan fingerprint density at radius 1 is 1.26 bits per heavy atom. The van der Waals surface area contributed by atoms with Crippen molar-refractivity contribution in [3.05, 3.63) is 36.5 Å². The molecule has 1 aromatic carbocycles. The lowest BCUT2D eigenvalue weighted by molar-refractivity contribution is 0.392. The van der Waals surface area contributed by atoms with Crippen molar-refractivity contribution in [3.63, 3.8) is 0 Å². The molecule has 0 saturated carbocycles. The van der Waals surface area contributed by atoms with Gasteiger partial charge in [-0.3, -0.25) is 0 Å². The van der Waals surface area contributed by atoms with Crippen LogP contribution in [0.5, 0.6) is 11.5 Å². The van der Waals surface area contributed by atoms with Gasteiger partial charge in [0.2, 0.25) is 5.89 Å². The van der Waals surface area contributed by atoms with E-state index in [4.69, 9.17) is 13.9 Å². The zero-order valence-electron chi connectivity index (χ0n) is 10.5. The molecule has 0 fully saturated rings. The minimum absolute atomic E-state index is 0.0487. The Hall–Kier alpha value is -2.02. The number of hydrogen-bond donors (Lipinski definition) is 0. The molecule has 0 N–H and O–H groups in total. The summed E-state index contributed by atoms with van der Waals surface area (Å²) in [5.74, 6) is 0.493. The van der Waals surface area contributed by atoms with Crippen LogP contribution in [0.1, 0.15) is 5.89 Å². The maximum atomic E-state index is 12.3. The van der Waals surface area contributed by atoms with Crippen LogP contribution >= 0.6 is 0 Å². The lowest BCUT2D eigenvalue weighted by atomic mass is 10.3. The van der Waals surface area contributed by atoms with Crippen LogP contribution in [0.15, 0.2) is 40.0 Å². The van der Waals surface area contributed by atoms with E-state index in [-0.39, 0.29) is 22.3 Å². The van der Waals surface area contributed by atoms with E-state index < -0.39 is 9.84 Å². The summed E-state index contributed by atoms with van der Waals surface area (Å²) in [5.41, 5.74) is 0. The van der Waals surface area contributed by atoms with Gasteiger partial charge in [-0.25, -0.2) is 13.4 Å². The number of oxazole rings is 1. The lowest BCUT2D eigenvalue weighted by Crippen LogP contribution is -2.07. The highest BCUT2D eigenvalue weighted by Crippen LogP contribution is 2.30. The molecule has 0 aliphatic rings. The first kappa shape index (κ1) is 13.4. The Morgan fingerprint density at radius 2 is 2.05 bits per heavy atom. The third kappa shape index (κ3) is 2.87. The third-order valence-corrected chi connectivity index (χ3v) is 4.12. The second-order valence-electron chi connectivity index (χ2n) is 3.70. The van der Waals surface area contributed by atoms with Gasteiger partial charge in [0.15, 0.2) is 9.84 Å². The molecular weight excluding hydrogens is 270 g/mol. The largest absolute Gasteiger partial charge is 0.497 e. The number of methoxy groups -OCH3 is 2. The number of benzene rings is 1. The Bertz CT molecular complexity index is 649. The molecule has 102 valence electrons. The fourth-order valence-corrected chi connectivity index (χ4v) is 2.97. The fourth-order valence-electron chi connectivity index (χ4n) is 1.59. The summed E-state index contributed by atoms with van der Waals surface area (Å²) in [5, 5.41) is 0. The zero-order chi connectivity index (χ0) is 13.9. The highest BCUT2D eigenvalue weighted by molar-refractivity contribution is 7.90. The molecule has 7 heteroatoms. The number of hydrogen-bond acceptors (Lipinski definition) is 6. The van der Waals surface area contributed by atoms with E-state index >= 15 is 0 Å². The van der Waals surface area contributed by atoms with Crippen molar-refractivity contribution in [2.24, 2.45) is 0 Å². The van der Waals surface area contributed by atoms with Crippen molar-refractivity contribution in [1.82, 2.24) is 4.98 Å². The molecule has 0 aliphatic heterocycles. The summed E-state index contributed by atoms with van der Waals surface area (Å²) in [6.45, 7) is 0. The molecule has 19 heavy (non-hydrogen) atoms. The molecule has 0 atom stereocenters. The van der Waals surface area contributed by atoms with E-state index in [0.29, 0.717) is 5.75 Å². The maximum absolute atomic E-state index is 12.3. The number of ether oxygens (including phenoxy) is 2. The van der Waals surface area contributed by atoms with Gasteiger partial charge in [-0.05, 0) is 12.1 Å². The van der Waals surface area contributed by atoms with Crippen LogP contribution in [-0.2, 0) is 15.6 Å². The van der Waals surface area contributed by atoms with Gasteiger partial charge < -0.3 is 13.9 Å². The molecule has 1 aromatic heterocycles. The normalized spacial score (nSPS) is 11.3. The quantitative estimate of drug-likeness (QED) is 0.830. The first-order valence-corrected chi connectivity index (χ1v) is 7.05. The second kappa shape index (κ2) is 5.31. The van der Waals surface area contributed by atoms with Gasteiger partial charge in [0.05, 0.1) is 20.4 Å². The minimum Gasteiger partial charge on any atom is -0.497 e. The van der Waals surface area contributed by atoms with Gasteiger partial charge in [0, 0.05) is 6.07 Å². The highest BCUT2D eigenvalue weighted by atomic mass is 32.2. The number of aromatic nitrogens is 1. The summed E-state index contributed by atoms with van der Waals surface area (Å²) in [4.78, 5) is 3.86. The van der Waals surface area contributed by atoms with Crippen LogP contribution in [0.3, 0.4) is 0 Å².